The van der Waals surface area contributed by atoms with Gasteiger partial charge in [0.2, 0.25) is 0 Å². The highest BCUT2D eigenvalue weighted by atomic mass is 15.0. The zero-order valence-corrected chi connectivity index (χ0v) is 6.93. The summed E-state index contributed by atoms with van der Waals surface area (Å²) in [5, 5.41) is 3.41. The second-order valence-corrected chi connectivity index (χ2v) is 3.52. The summed E-state index contributed by atoms with van der Waals surface area (Å²) in [6.45, 7) is 5.53. The predicted molar refractivity (Wildman–Crippen MR) is 43.8 cm³/mol. The van der Waals surface area contributed by atoms with Crippen LogP contribution in [0.25, 0.3) is 0 Å². The monoisotopic (exact) mass is 142 g/mol. The summed E-state index contributed by atoms with van der Waals surface area (Å²) in [4.78, 5) is 0. The van der Waals surface area contributed by atoms with Gasteiger partial charge in [0, 0.05) is 12.1 Å². The van der Waals surface area contributed by atoms with Crippen molar-refractivity contribution in [1.29, 1.82) is 0 Å². The molecule has 1 aliphatic heterocycles. The van der Waals surface area contributed by atoms with E-state index in [4.69, 9.17) is 5.73 Å². The highest BCUT2D eigenvalue weighted by molar-refractivity contribution is 4.85. The smallest absolute Gasteiger partial charge is 0.0222 e. The fourth-order valence-electron chi connectivity index (χ4n) is 1.50. The van der Waals surface area contributed by atoms with Gasteiger partial charge in [-0.25, -0.2) is 0 Å². The average molecular weight is 142 g/mol. The summed E-state index contributed by atoms with van der Waals surface area (Å²) < 4.78 is 0. The molecule has 2 unspecified atom stereocenters. The molecule has 0 bridgehead atoms. The van der Waals surface area contributed by atoms with Crippen LogP contribution in [0, 0.1) is 5.92 Å². The van der Waals surface area contributed by atoms with Gasteiger partial charge in [-0.1, -0.05) is 13.8 Å². The van der Waals surface area contributed by atoms with E-state index >= 15 is 0 Å². The maximum Gasteiger partial charge on any atom is 0.0222 e. The molecule has 1 aliphatic rings. The third-order valence-corrected chi connectivity index (χ3v) is 2.33. The lowest BCUT2D eigenvalue weighted by Crippen LogP contribution is -2.44. The SMILES string of the molecule is CC(C)C(N)C1CCCN1. The Labute approximate surface area is 63.2 Å². The zero-order valence-electron chi connectivity index (χ0n) is 6.93. The Balaban J connectivity index is 2.32. The minimum absolute atomic E-state index is 0.350. The number of hydrogen-bond donors (Lipinski definition) is 2. The van der Waals surface area contributed by atoms with E-state index < -0.39 is 0 Å². The molecule has 2 heteroatoms. The van der Waals surface area contributed by atoms with Crippen LogP contribution >= 0.6 is 0 Å². The van der Waals surface area contributed by atoms with Gasteiger partial charge in [-0.2, -0.15) is 0 Å². The van der Waals surface area contributed by atoms with Crippen LogP contribution in [0.5, 0.6) is 0 Å². The molecule has 0 amide bonds. The van der Waals surface area contributed by atoms with E-state index in [1.807, 2.05) is 0 Å². The summed E-state index contributed by atoms with van der Waals surface area (Å²) in [7, 11) is 0. The second kappa shape index (κ2) is 3.35. The molecule has 10 heavy (non-hydrogen) atoms. The molecular weight excluding hydrogens is 124 g/mol. The van der Waals surface area contributed by atoms with E-state index in [0.29, 0.717) is 18.0 Å². The molecule has 2 atom stereocenters. The molecule has 0 aromatic heterocycles. The predicted octanol–water partition coefficient (Wildman–Crippen LogP) is 0.722. The van der Waals surface area contributed by atoms with Crippen molar-refractivity contribution in [3.8, 4) is 0 Å². The van der Waals surface area contributed by atoms with Gasteiger partial charge in [-0.05, 0) is 25.3 Å². The number of rotatable bonds is 2. The van der Waals surface area contributed by atoms with Crippen molar-refractivity contribution in [1.82, 2.24) is 5.32 Å². The van der Waals surface area contributed by atoms with Crippen molar-refractivity contribution in [3.05, 3.63) is 0 Å². The Bertz CT molecular complexity index is 95.4. The Kier molecular flexibility index (Phi) is 2.69. The van der Waals surface area contributed by atoms with E-state index in [-0.39, 0.29) is 0 Å². The average Bonchev–Trinajstić information content (AvgIpc) is 2.36. The Morgan fingerprint density at radius 2 is 2.20 bits per heavy atom. The summed E-state index contributed by atoms with van der Waals surface area (Å²) in [5.74, 6) is 0.607. The summed E-state index contributed by atoms with van der Waals surface area (Å²) in [6.07, 6.45) is 2.56. The normalized spacial score (nSPS) is 29.4. The molecule has 2 nitrogen and oxygen atoms in total. The maximum absolute atomic E-state index is 5.96. The molecule has 1 fully saturated rings. The molecule has 0 radical (unpaired) electrons. The molecule has 3 N–H and O–H groups in total. The van der Waals surface area contributed by atoms with Gasteiger partial charge in [0.25, 0.3) is 0 Å². The van der Waals surface area contributed by atoms with E-state index in [9.17, 15) is 0 Å². The van der Waals surface area contributed by atoms with E-state index in [2.05, 4.69) is 19.2 Å². The standard InChI is InChI=1S/C8H18N2/c1-6(2)8(9)7-4-3-5-10-7/h6-8,10H,3-5,9H2,1-2H3. The largest absolute Gasteiger partial charge is 0.326 e. The molecular formula is C8H18N2. The molecule has 1 rings (SSSR count). The zero-order chi connectivity index (χ0) is 7.56. The highest BCUT2D eigenvalue weighted by Gasteiger charge is 2.22. The first-order valence-corrected chi connectivity index (χ1v) is 4.21. The third kappa shape index (κ3) is 1.70. The molecule has 1 saturated heterocycles. The van der Waals surface area contributed by atoms with E-state index in [0.717, 1.165) is 6.54 Å². The molecule has 0 spiro atoms. The lowest BCUT2D eigenvalue weighted by Gasteiger charge is -2.22. The van der Waals surface area contributed by atoms with Crippen LogP contribution in [0.3, 0.4) is 0 Å². The van der Waals surface area contributed by atoms with Crippen LogP contribution in [0.15, 0.2) is 0 Å². The van der Waals surface area contributed by atoms with Crippen LogP contribution in [0.4, 0.5) is 0 Å². The van der Waals surface area contributed by atoms with Gasteiger partial charge in [0.15, 0.2) is 0 Å². The first kappa shape index (κ1) is 8.02. The Morgan fingerprint density at radius 1 is 1.50 bits per heavy atom. The van der Waals surface area contributed by atoms with Crippen molar-refractivity contribution >= 4 is 0 Å². The van der Waals surface area contributed by atoms with Crippen LogP contribution in [-0.2, 0) is 0 Å². The lowest BCUT2D eigenvalue weighted by atomic mass is 9.96. The number of nitrogens with one attached hydrogen (secondary N) is 1. The van der Waals surface area contributed by atoms with Crippen molar-refractivity contribution in [3.63, 3.8) is 0 Å². The minimum atomic E-state index is 0.350. The Hall–Kier alpha value is -0.0800. The molecule has 1 heterocycles. The first-order valence-electron chi connectivity index (χ1n) is 4.21. The minimum Gasteiger partial charge on any atom is -0.326 e. The van der Waals surface area contributed by atoms with Gasteiger partial charge in [-0.3, -0.25) is 0 Å². The molecule has 0 aromatic carbocycles. The first-order chi connectivity index (χ1) is 4.72. The quantitative estimate of drug-likeness (QED) is 0.596. The van der Waals surface area contributed by atoms with Crippen LogP contribution < -0.4 is 11.1 Å². The number of nitrogens with two attached hydrogens (primary N) is 1. The lowest BCUT2D eigenvalue weighted by molar-refractivity contribution is 0.389. The van der Waals surface area contributed by atoms with Crippen molar-refractivity contribution in [2.24, 2.45) is 11.7 Å². The van der Waals surface area contributed by atoms with Crippen molar-refractivity contribution in [2.75, 3.05) is 6.54 Å². The summed E-state index contributed by atoms with van der Waals surface area (Å²) >= 11 is 0. The van der Waals surface area contributed by atoms with Crippen molar-refractivity contribution in [2.45, 2.75) is 38.8 Å². The van der Waals surface area contributed by atoms with Gasteiger partial charge in [-0.15, -0.1) is 0 Å². The number of hydrogen-bond acceptors (Lipinski definition) is 2. The Morgan fingerprint density at radius 3 is 2.60 bits per heavy atom. The van der Waals surface area contributed by atoms with E-state index in [1.54, 1.807) is 0 Å². The molecule has 60 valence electrons. The highest BCUT2D eigenvalue weighted by Crippen LogP contribution is 2.12. The maximum atomic E-state index is 5.96. The molecule has 0 aliphatic carbocycles. The fraction of sp³-hybridized carbons (Fsp3) is 1.00. The second-order valence-electron chi connectivity index (χ2n) is 3.52. The summed E-state index contributed by atoms with van der Waals surface area (Å²) in [5.41, 5.74) is 5.96. The van der Waals surface area contributed by atoms with Crippen LogP contribution in [-0.4, -0.2) is 18.6 Å². The third-order valence-electron chi connectivity index (χ3n) is 2.33. The van der Waals surface area contributed by atoms with Crippen molar-refractivity contribution < 1.29 is 0 Å². The van der Waals surface area contributed by atoms with Crippen LogP contribution in [0.1, 0.15) is 26.7 Å². The summed E-state index contributed by atoms with van der Waals surface area (Å²) in [6, 6.07) is 0.933. The fourth-order valence-corrected chi connectivity index (χ4v) is 1.50. The van der Waals surface area contributed by atoms with E-state index in [1.165, 1.54) is 12.8 Å². The molecule has 0 saturated carbocycles. The van der Waals surface area contributed by atoms with Gasteiger partial charge in [0.1, 0.15) is 0 Å². The van der Waals surface area contributed by atoms with Crippen LogP contribution in [0.2, 0.25) is 0 Å². The van der Waals surface area contributed by atoms with Gasteiger partial charge >= 0.3 is 0 Å². The molecule has 0 aromatic rings. The topological polar surface area (TPSA) is 38.0 Å². The van der Waals surface area contributed by atoms with Gasteiger partial charge < -0.3 is 11.1 Å². The van der Waals surface area contributed by atoms with Gasteiger partial charge in [0.05, 0.1) is 0 Å².